The minimum Gasteiger partial charge on any atom is -0.393 e. The second kappa shape index (κ2) is 9.84. The van der Waals surface area contributed by atoms with Gasteiger partial charge in [0.2, 0.25) is 0 Å². The number of nitrogens with one attached hydrogen (secondary N) is 1. The highest BCUT2D eigenvalue weighted by atomic mass is 79.9. The molecule has 0 unspecified atom stereocenters. The zero-order chi connectivity index (χ0) is 24.5. The van der Waals surface area contributed by atoms with Gasteiger partial charge in [-0.3, -0.25) is 4.79 Å². The van der Waals surface area contributed by atoms with Gasteiger partial charge in [0.15, 0.2) is 0 Å². The van der Waals surface area contributed by atoms with Crippen LogP contribution in [0.25, 0.3) is 10.8 Å². The molecule has 0 radical (unpaired) electrons. The Hall–Kier alpha value is -3.16. The molecule has 2 aromatic carbocycles. The van der Waals surface area contributed by atoms with E-state index in [9.17, 15) is 9.90 Å². The molecule has 2 aromatic heterocycles. The van der Waals surface area contributed by atoms with Crippen LogP contribution in [0.3, 0.4) is 0 Å². The van der Waals surface area contributed by atoms with Crippen LogP contribution in [-0.2, 0) is 6.54 Å². The van der Waals surface area contributed by atoms with Crippen molar-refractivity contribution in [2.24, 2.45) is 0 Å². The van der Waals surface area contributed by atoms with Crippen molar-refractivity contribution in [3.63, 3.8) is 0 Å². The van der Waals surface area contributed by atoms with E-state index in [-0.39, 0.29) is 11.7 Å². The molecular weight excluding hydrogens is 504 g/mol. The Kier molecular flexibility index (Phi) is 6.62. The van der Waals surface area contributed by atoms with Crippen molar-refractivity contribution in [3.8, 4) is 0 Å². The van der Waals surface area contributed by atoms with Gasteiger partial charge in [-0.25, -0.2) is 4.98 Å². The van der Waals surface area contributed by atoms with Gasteiger partial charge in [0.25, 0.3) is 5.56 Å². The molecule has 4 aromatic rings. The van der Waals surface area contributed by atoms with E-state index >= 15 is 0 Å². The fraction of sp³-hybridized carbons (Fsp3) is 0.286. The second-order valence-corrected chi connectivity index (χ2v) is 10.2. The maximum absolute atomic E-state index is 13.6. The highest BCUT2D eigenvalue weighted by Gasteiger charge is 2.18. The van der Waals surface area contributed by atoms with Gasteiger partial charge in [-0.2, -0.15) is 0 Å². The first kappa shape index (κ1) is 23.6. The molecule has 0 saturated carbocycles. The van der Waals surface area contributed by atoms with Crippen LogP contribution < -0.4 is 15.8 Å². The smallest absolute Gasteiger partial charge is 0.260 e. The van der Waals surface area contributed by atoms with Crippen LogP contribution in [0.5, 0.6) is 0 Å². The molecule has 0 amide bonds. The van der Waals surface area contributed by atoms with Gasteiger partial charge in [0.05, 0.1) is 35.6 Å². The molecular formula is C28H29BrN4O2. The highest BCUT2D eigenvalue weighted by Crippen LogP contribution is 2.29. The Morgan fingerprint density at radius 3 is 2.60 bits per heavy atom. The van der Waals surface area contributed by atoms with Crippen molar-refractivity contribution in [1.29, 1.82) is 0 Å². The third-order valence-electron chi connectivity index (χ3n) is 6.83. The minimum absolute atomic E-state index is 0.0481. The molecule has 7 heteroatoms. The van der Waals surface area contributed by atoms with Gasteiger partial charge >= 0.3 is 0 Å². The lowest BCUT2D eigenvalue weighted by molar-refractivity contribution is 0.145. The molecule has 5 rings (SSSR count). The lowest BCUT2D eigenvalue weighted by atomic mass is 10.1. The topological polar surface area (TPSA) is 70.4 Å². The molecule has 0 aliphatic carbocycles. The number of anilines is 3. The number of halogens is 1. The average Bonchev–Trinajstić information content (AvgIpc) is 2.85. The van der Waals surface area contributed by atoms with E-state index in [1.165, 1.54) is 11.1 Å². The molecule has 0 spiro atoms. The van der Waals surface area contributed by atoms with Crippen molar-refractivity contribution in [1.82, 2.24) is 9.55 Å². The lowest BCUT2D eigenvalue weighted by Crippen LogP contribution is -2.35. The number of pyridine rings is 2. The maximum atomic E-state index is 13.6. The number of aliphatic hydroxyl groups is 1. The fourth-order valence-corrected chi connectivity index (χ4v) is 5.20. The van der Waals surface area contributed by atoms with Crippen molar-refractivity contribution in [3.05, 3.63) is 92.4 Å². The van der Waals surface area contributed by atoms with E-state index < -0.39 is 0 Å². The molecule has 180 valence electrons. The number of aliphatic hydroxyl groups excluding tert-OH is 1. The zero-order valence-corrected chi connectivity index (χ0v) is 21.5. The number of aromatic nitrogens is 2. The van der Waals surface area contributed by atoms with E-state index in [2.05, 4.69) is 63.2 Å². The Morgan fingerprint density at radius 2 is 1.89 bits per heavy atom. The Balaban J connectivity index is 1.45. The highest BCUT2D eigenvalue weighted by molar-refractivity contribution is 9.10. The first-order chi connectivity index (χ1) is 16.9. The Labute approximate surface area is 213 Å². The average molecular weight is 533 g/mol. The number of benzene rings is 2. The van der Waals surface area contributed by atoms with E-state index in [4.69, 9.17) is 0 Å². The van der Waals surface area contributed by atoms with E-state index in [1.54, 1.807) is 4.57 Å². The quantitative estimate of drug-likeness (QED) is 0.353. The van der Waals surface area contributed by atoms with Crippen LogP contribution in [0.2, 0.25) is 0 Å². The Bertz CT molecular complexity index is 1420. The van der Waals surface area contributed by atoms with E-state index in [0.29, 0.717) is 17.7 Å². The van der Waals surface area contributed by atoms with Gasteiger partial charge in [-0.1, -0.05) is 30.3 Å². The summed E-state index contributed by atoms with van der Waals surface area (Å²) in [6.07, 6.45) is 5.06. The number of fused-ring (bicyclic) bond motifs is 1. The van der Waals surface area contributed by atoms with Gasteiger partial charge in [-0.15, -0.1) is 0 Å². The molecule has 6 nitrogen and oxygen atoms in total. The summed E-state index contributed by atoms with van der Waals surface area (Å²) < 4.78 is 2.62. The normalized spacial score (nSPS) is 14.5. The molecule has 1 aliphatic heterocycles. The molecule has 3 heterocycles. The summed E-state index contributed by atoms with van der Waals surface area (Å²) in [5, 5.41) is 14.6. The summed E-state index contributed by atoms with van der Waals surface area (Å²) in [5.74, 6) is 0.679. The first-order valence-corrected chi connectivity index (χ1v) is 12.7. The summed E-state index contributed by atoms with van der Waals surface area (Å²) in [6, 6.07) is 16.1. The molecule has 0 atom stereocenters. The summed E-state index contributed by atoms with van der Waals surface area (Å²) >= 11 is 3.67. The first-order valence-electron chi connectivity index (χ1n) is 11.9. The van der Waals surface area contributed by atoms with Crippen LogP contribution in [-0.4, -0.2) is 33.9 Å². The fourth-order valence-electron chi connectivity index (χ4n) is 4.62. The second-order valence-electron chi connectivity index (χ2n) is 9.30. The van der Waals surface area contributed by atoms with Gasteiger partial charge in [-0.05, 0) is 77.5 Å². The SMILES string of the molecule is Cc1ccc(Cn2cc(Br)c3cccc(Nc4ccc(N5CCC(O)CC5)cn4)c3c2=O)cc1C. The molecule has 1 saturated heterocycles. The summed E-state index contributed by atoms with van der Waals surface area (Å²) in [6.45, 7) is 6.33. The van der Waals surface area contributed by atoms with Crippen molar-refractivity contribution < 1.29 is 5.11 Å². The monoisotopic (exact) mass is 532 g/mol. The predicted molar refractivity (Wildman–Crippen MR) is 146 cm³/mol. The summed E-state index contributed by atoms with van der Waals surface area (Å²) in [7, 11) is 0. The van der Waals surface area contributed by atoms with Crippen molar-refractivity contribution >= 4 is 43.9 Å². The van der Waals surface area contributed by atoms with Gasteiger partial charge in [0.1, 0.15) is 5.82 Å². The Morgan fingerprint density at radius 1 is 1.09 bits per heavy atom. The van der Waals surface area contributed by atoms with Crippen LogP contribution in [0.1, 0.15) is 29.5 Å². The molecule has 35 heavy (non-hydrogen) atoms. The van der Waals surface area contributed by atoms with E-state index in [1.807, 2.05) is 42.7 Å². The summed E-state index contributed by atoms with van der Waals surface area (Å²) in [5.41, 5.74) is 5.27. The van der Waals surface area contributed by atoms with Crippen molar-refractivity contribution in [2.45, 2.75) is 39.3 Å². The van der Waals surface area contributed by atoms with Crippen LogP contribution in [0.15, 0.2) is 70.2 Å². The van der Waals surface area contributed by atoms with Crippen molar-refractivity contribution in [2.75, 3.05) is 23.3 Å². The maximum Gasteiger partial charge on any atom is 0.260 e. The molecule has 1 aliphatic rings. The minimum atomic E-state index is -0.204. The summed E-state index contributed by atoms with van der Waals surface area (Å²) in [4.78, 5) is 20.4. The lowest BCUT2D eigenvalue weighted by Gasteiger charge is -2.31. The predicted octanol–water partition coefficient (Wildman–Crippen LogP) is 5.53. The van der Waals surface area contributed by atoms with Crippen LogP contribution >= 0.6 is 15.9 Å². The molecule has 1 fully saturated rings. The van der Waals surface area contributed by atoms with Crippen LogP contribution in [0.4, 0.5) is 17.2 Å². The number of hydrogen-bond acceptors (Lipinski definition) is 5. The number of piperidine rings is 1. The van der Waals surface area contributed by atoms with Crippen LogP contribution in [0, 0.1) is 13.8 Å². The third kappa shape index (κ3) is 4.97. The largest absolute Gasteiger partial charge is 0.393 e. The van der Waals surface area contributed by atoms with Gasteiger partial charge < -0.3 is 19.9 Å². The van der Waals surface area contributed by atoms with Gasteiger partial charge in [0, 0.05) is 29.1 Å². The molecule has 0 bridgehead atoms. The zero-order valence-electron chi connectivity index (χ0n) is 20.0. The number of nitrogens with zero attached hydrogens (tertiary/aromatic N) is 3. The van der Waals surface area contributed by atoms with E-state index in [0.717, 1.165) is 52.7 Å². The molecule has 2 N–H and O–H groups in total. The standard InChI is InChI=1S/C28H29BrN4O2/c1-18-6-7-20(14-19(18)2)16-33-17-24(29)23-4-3-5-25(27(23)28(33)35)31-26-9-8-21(15-30-26)32-12-10-22(34)11-13-32/h3-9,14-15,17,22,34H,10-13,16H2,1-2H3,(H,30,31). The number of hydrogen-bond donors (Lipinski definition) is 2. The third-order valence-corrected chi connectivity index (χ3v) is 7.46. The number of aryl methyl sites for hydroxylation is 2. The number of rotatable bonds is 5.